The highest BCUT2D eigenvalue weighted by Crippen LogP contribution is 2.20. The molecule has 1 amide bonds. The van der Waals surface area contributed by atoms with Crippen LogP contribution in [0.1, 0.15) is 29.8 Å². The molecule has 3 aromatic rings. The van der Waals surface area contributed by atoms with Gasteiger partial charge in [0.25, 0.3) is 5.91 Å². The molecule has 1 aliphatic heterocycles. The first-order valence-corrected chi connectivity index (χ1v) is 11.9. The molecule has 0 radical (unpaired) electrons. The van der Waals surface area contributed by atoms with Crippen molar-refractivity contribution in [2.24, 2.45) is 0 Å². The van der Waals surface area contributed by atoms with Crippen LogP contribution in [0, 0.1) is 0 Å². The number of fused-ring (bicyclic) bond motifs is 1. The second kappa shape index (κ2) is 10.2. The largest absolute Gasteiger partial charge is 0.351 e. The second-order valence-corrected chi connectivity index (χ2v) is 9.36. The van der Waals surface area contributed by atoms with Crippen LogP contribution in [0.2, 0.25) is 0 Å². The average Bonchev–Trinajstić information content (AvgIpc) is 3.18. The Morgan fingerprint density at radius 1 is 1.03 bits per heavy atom. The number of nitrogens with one attached hydrogen (secondary N) is 3. The number of carbonyl (C=O) groups excluding carboxylic acids is 1. The Balaban J connectivity index is 1.20. The molecule has 1 aromatic heterocycles. The summed E-state index contributed by atoms with van der Waals surface area (Å²) in [5.74, 6) is 0.564. The van der Waals surface area contributed by atoms with Gasteiger partial charge in [0.15, 0.2) is 6.54 Å². The highest BCUT2D eigenvalue weighted by Gasteiger charge is 2.26. The predicted molar refractivity (Wildman–Crippen MR) is 122 cm³/mol. The minimum Gasteiger partial charge on any atom is -0.351 e. The molecular weight excluding hydrogens is 392 g/mol. The topological polar surface area (TPSA) is 50.9 Å². The molecule has 0 bridgehead atoms. The zero-order chi connectivity index (χ0) is 20.8. The highest BCUT2D eigenvalue weighted by atomic mass is 32.1. The fraction of sp³-hybridized carbons (Fsp3) is 0.417. The summed E-state index contributed by atoms with van der Waals surface area (Å²) in [5.41, 5.74) is 2.42. The van der Waals surface area contributed by atoms with E-state index in [0.29, 0.717) is 12.5 Å². The summed E-state index contributed by atoms with van der Waals surface area (Å²) < 4.78 is 1.27. The molecule has 6 heteroatoms. The van der Waals surface area contributed by atoms with E-state index in [9.17, 15) is 4.79 Å². The number of piperazine rings is 1. The quantitative estimate of drug-likeness (QED) is 0.503. The van der Waals surface area contributed by atoms with Gasteiger partial charge >= 0.3 is 0 Å². The Morgan fingerprint density at radius 3 is 2.47 bits per heavy atom. The summed E-state index contributed by atoms with van der Waals surface area (Å²) in [5, 5.41) is 4.39. The van der Waals surface area contributed by atoms with Crippen molar-refractivity contribution in [1.29, 1.82) is 0 Å². The number of benzene rings is 2. The predicted octanol–water partition coefficient (Wildman–Crippen LogP) is 0.890. The third kappa shape index (κ3) is 5.45. The molecule has 2 aromatic carbocycles. The monoisotopic (exact) mass is 424 g/mol. The van der Waals surface area contributed by atoms with E-state index in [-0.39, 0.29) is 5.91 Å². The average molecular weight is 425 g/mol. The van der Waals surface area contributed by atoms with Gasteiger partial charge in [0.2, 0.25) is 0 Å². The van der Waals surface area contributed by atoms with Crippen LogP contribution >= 0.6 is 11.3 Å². The van der Waals surface area contributed by atoms with Crippen LogP contribution in [0.5, 0.6) is 0 Å². The van der Waals surface area contributed by atoms with E-state index in [1.807, 2.05) is 17.4 Å². The molecule has 0 spiro atoms. The van der Waals surface area contributed by atoms with Gasteiger partial charge in [0.05, 0.1) is 10.2 Å². The molecule has 30 heavy (non-hydrogen) atoms. The molecule has 2 heterocycles. The van der Waals surface area contributed by atoms with Crippen LogP contribution in [-0.2, 0) is 11.3 Å². The van der Waals surface area contributed by atoms with Crippen LogP contribution in [-0.4, -0.2) is 50.2 Å². The maximum Gasteiger partial charge on any atom is 0.275 e. The van der Waals surface area contributed by atoms with Crippen LogP contribution in [0.15, 0.2) is 54.6 Å². The molecule has 3 N–H and O–H groups in total. The Bertz CT molecular complexity index is 917. The van der Waals surface area contributed by atoms with Crippen LogP contribution in [0.4, 0.5) is 0 Å². The number of rotatable bonds is 8. The number of carbonyl (C=O) groups is 1. The minimum atomic E-state index is 0.175. The Hall–Kier alpha value is -2.28. The third-order valence-electron chi connectivity index (χ3n) is 6.12. The molecular formula is C24H32N4OS+2. The number of thiazole rings is 1. The summed E-state index contributed by atoms with van der Waals surface area (Å²) in [6.45, 7) is 8.77. The van der Waals surface area contributed by atoms with Gasteiger partial charge in [-0.1, -0.05) is 49.4 Å². The van der Waals surface area contributed by atoms with Crippen LogP contribution < -0.4 is 15.1 Å². The lowest BCUT2D eigenvalue weighted by molar-refractivity contribution is -1.02. The molecule has 4 rings (SSSR count). The number of quaternary nitrogens is 2. The van der Waals surface area contributed by atoms with Crippen molar-refractivity contribution >= 4 is 27.5 Å². The summed E-state index contributed by atoms with van der Waals surface area (Å²) in [7, 11) is 0. The molecule has 1 fully saturated rings. The molecule has 1 saturated heterocycles. The van der Waals surface area contributed by atoms with Gasteiger partial charge in [0.1, 0.15) is 37.7 Å². The fourth-order valence-electron chi connectivity index (χ4n) is 4.27. The van der Waals surface area contributed by atoms with Crippen molar-refractivity contribution in [3.8, 4) is 0 Å². The molecule has 1 atom stereocenters. The van der Waals surface area contributed by atoms with Crippen LogP contribution in [0.25, 0.3) is 10.2 Å². The van der Waals surface area contributed by atoms with Crippen molar-refractivity contribution < 1.29 is 14.6 Å². The van der Waals surface area contributed by atoms with E-state index < -0.39 is 0 Å². The van der Waals surface area contributed by atoms with E-state index in [1.54, 1.807) is 4.90 Å². The van der Waals surface area contributed by atoms with Gasteiger partial charge in [-0.25, -0.2) is 4.98 Å². The first-order valence-electron chi connectivity index (χ1n) is 11.0. The van der Waals surface area contributed by atoms with Gasteiger partial charge < -0.3 is 15.1 Å². The van der Waals surface area contributed by atoms with Gasteiger partial charge in [-0.2, -0.15) is 0 Å². The number of hydrogen-bond donors (Lipinski definition) is 3. The molecule has 0 saturated carbocycles. The van der Waals surface area contributed by atoms with Gasteiger partial charge in [-0.3, -0.25) is 4.79 Å². The summed E-state index contributed by atoms with van der Waals surface area (Å²) in [4.78, 5) is 20.2. The van der Waals surface area contributed by atoms with E-state index >= 15 is 0 Å². The first kappa shape index (κ1) is 21.0. The smallest absolute Gasteiger partial charge is 0.275 e. The van der Waals surface area contributed by atoms with E-state index in [0.717, 1.165) is 51.2 Å². The van der Waals surface area contributed by atoms with Crippen molar-refractivity contribution in [3.05, 3.63) is 65.2 Å². The Labute approximate surface area is 182 Å². The minimum absolute atomic E-state index is 0.175. The fourth-order valence-corrected chi connectivity index (χ4v) is 5.31. The first-order chi connectivity index (χ1) is 14.7. The summed E-state index contributed by atoms with van der Waals surface area (Å²) in [6.07, 6.45) is 1.03. The summed E-state index contributed by atoms with van der Waals surface area (Å²) >= 11 is 1.81. The lowest BCUT2D eigenvalue weighted by Crippen LogP contribution is -3.28. The normalized spacial score (nSPS) is 20.2. The maximum atomic E-state index is 12.5. The molecule has 0 aliphatic carbocycles. The van der Waals surface area contributed by atoms with E-state index in [4.69, 9.17) is 4.98 Å². The van der Waals surface area contributed by atoms with Crippen molar-refractivity contribution in [3.63, 3.8) is 0 Å². The van der Waals surface area contributed by atoms with Crippen molar-refractivity contribution in [2.45, 2.75) is 25.8 Å². The van der Waals surface area contributed by atoms with E-state index in [1.165, 1.54) is 20.2 Å². The maximum absolute atomic E-state index is 12.5. The number of amides is 1. The molecule has 0 unspecified atom stereocenters. The standard InChI is InChI=1S/C24H30N4OS/c1-2-19(20-8-4-3-5-9-20)16-25-23(29)17-27-12-14-28(15-13-27)18-24-26-21-10-6-7-11-22(21)30-24/h3-11,19H,2,12-18H2,1H3,(H,25,29)/p+2/t19-/m0/s1. The highest BCUT2D eigenvalue weighted by molar-refractivity contribution is 7.18. The Kier molecular flexibility index (Phi) is 7.10. The summed E-state index contributed by atoms with van der Waals surface area (Å²) in [6, 6.07) is 18.8. The SMILES string of the molecule is CC[C@@H](CNC(=O)C[NH+]1CC[NH+](Cc2nc3ccccc3s2)CC1)c1ccccc1. The molecule has 1 aliphatic rings. The number of aromatic nitrogens is 1. The van der Waals surface area contributed by atoms with Crippen LogP contribution in [0.3, 0.4) is 0 Å². The lowest BCUT2D eigenvalue weighted by Gasteiger charge is -2.29. The van der Waals surface area contributed by atoms with Crippen molar-refractivity contribution in [1.82, 2.24) is 10.3 Å². The van der Waals surface area contributed by atoms with Gasteiger partial charge in [-0.15, -0.1) is 11.3 Å². The van der Waals surface area contributed by atoms with Crippen molar-refractivity contribution in [2.75, 3.05) is 39.3 Å². The third-order valence-corrected chi connectivity index (χ3v) is 7.16. The number of hydrogen-bond acceptors (Lipinski definition) is 3. The van der Waals surface area contributed by atoms with E-state index in [2.05, 4.69) is 60.8 Å². The van der Waals surface area contributed by atoms with Gasteiger partial charge in [0, 0.05) is 12.5 Å². The zero-order valence-electron chi connectivity index (χ0n) is 17.7. The van der Waals surface area contributed by atoms with Gasteiger partial charge in [-0.05, 0) is 24.1 Å². The lowest BCUT2D eigenvalue weighted by atomic mass is 9.96. The Morgan fingerprint density at radius 2 is 1.73 bits per heavy atom. The molecule has 5 nitrogen and oxygen atoms in total. The number of para-hydroxylation sites is 1. The number of nitrogens with zero attached hydrogens (tertiary/aromatic N) is 1. The second-order valence-electron chi connectivity index (χ2n) is 8.25. The molecule has 158 valence electrons. The zero-order valence-corrected chi connectivity index (χ0v) is 18.5.